The molecular formula is C29H56O4. The van der Waals surface area contributed by atoms with Gasteiger partial charge in [-0.3, -0.25) is 9.59 Å². The number of unbranched alkanes of at least 4 members (excludes halogenated alkanes) is 17. The first kappa shape index (κ1) is 31.9. The molecule has 1 N–H and O–H groups in total. The van der Waals surface area contributed by atoms with Crippen LogP contribution < -0.4 is 0 Å². The average molecular weight is 469 g/mol. The van der Waals surface area contributed by atoms with Crippen LogP contribution in [0.2, 0.25) is 0 Å². The lowest BCUT2D eigenvalue weighted by molar-refractivity contribution is -0.150. The molecule has 0 saturated carbocycles. The highest BCUT2D eigenvalue weighted by Crippen LogP contribution is 2.18. The molecule has 0 aromatic rings. The number of rotatable bonds is 26. The number of carbonyl (C=O) groups excluding carboxylic acids is 1. The molecule has 1 unspecified atom stereocenters. The second-order valence-electron chi connectivity index (χ2n) is 9.95. The summed E-state index contributed by atoms with van der Waals surface area (Å²) in [6.07, 6.45) is 26.9. The van der Waals surface area contributed by atoms with Crippen molar-refractivity contribution in [3.8, 4) is 0 Å². The van der Waals surface area contributed by atoms with Crippen molar-refractivity contribution in [2.24, 2.45) is 0 Å². The van der Waals surface area contributed by atoms with Gasteiger partial charge < -0.3 is 9.84 Å². The van der Waals surface area contributed by atoms with Crippen LogP contribution in [0.5, 0.6) is 0 Å². The minimum Gasteiger partial charge on any atom is -0.481 e. The van der Waals surface area contributed by atoms with Gasteiger partial charge in [-0.15, -0.1) is 0 Å². The van der Waals surface area contributed by atoms with E-state index in [4.69, 9.17) is 9.84 Å². The number of carboxylic acid groups (broad SMARTS) is 1. The molecule has 0 aliphatic heterocycles. The van der Waals surface area contributed by atoms with Gasteiger partial charge in [0.2, 0.25) is 0 Å². The number of carboxylic acids is 1. The number of ether oxygens (including phenoxy) is 1. The third-order valence-corrected chi connectivity index (χ3v) is 6.58. The predicted molar refractivity (Wildman–Crippen MR) is 140 cm³/mol. The van der Waals surface area contributed by atoms with Crippen LogP contribution in [0.1, 0.15) is 168 Å². The van der Waals surface area contributed by atoms with E-state index in [0.717, 1.165) is 44.9 Å². The van der Waals surface area contributed by atoms with Gasteiger partial charge in [0.05, 0.1) is 0 Å². The number of carbonyl (C=O) groups is 2. The van der Waals surface area contributed by atoms with Gasteiger partial charge in [-0.05, 0) is 38.5 Å². The van der Waals surface area contributed by atoms with Gasteiger partial charge in [0.25, 0.3) is 0 Å². The Balaban J connectivity index is 3.77. The Labute approximate surface area is 205 Å². The fourth-order valence-corrected chi connectivity index (χ4v) is 4.42. The molecular weight excluding hydrogens is 412 g/mol. The standard InChI is InChI=1S/C29H56O4/c1-3-5-7-9-10-11-12-13-14-15-16-17-22-26-29(32)33-27(23-19-8-6-4-2)24-20-18-21-25-28(30)31/h27H,3-26H2,1-2H3,(H,30,31). The molecule has 0 rings (SSSR count). The lowest BCUT2D eigenvalue weighted by Crippen LogP contribution is -2.18. The molecule has 0 saturated heterocycles. The topological polar surface area (TPSA) is 63.6 Å². The van der Waals surface area contributed by atoms with E-state index in [-0.39, 0.29) is 18.5 Å². The molecule has 4 heteroatoms. The Bertz CT molecular complexity index is 435. The Hall–Kier alpha value is -1.06. The highest BCUT2D eigenvalue weighted by Gasteiger charge is 2.14. The molecule has 0 aromatic carbocycles. The summed E-state index contributed by atoms with van der Waals surface area (Å²) in [6, 6.07) is 0. The molecule has 1 atom stereocenters. The second kappa shape index (κ2) is 25.6. The van der Waals surface area contributed by atoms with Gasteiger partial charge in [0.1, 0.15) is 6.10 Å². The summed E-state index contributed by atoms with van der Waals surface area (Å²) in [5, 5.41) is 8.76. The molecule has 0 heterocycles. The summed E-state index contributed by atoms with van der Waals surface area (Å²) in [5.41, 5.74) is 0. The van der Waals surface area contributed by atoms with Crippen LogP contribution in [-0.4, -0.2) is 23.1 Å². The van der Waals surface area contributed by atoms with Gasteiger partial charge in [-0.25, -0.2) is 0 Å². The summed E-state index contributed by atoms with van der Waals surface area (Å²) in [6.45, 7) is 4.47. The van der Waals surface area contributed by atoms with Gasteiger partial charge in [0.15, 0.2) is 0 Å². The Morgan fingerprint density at radius 2 is 0.909 bits per heavy atom. The van der Waals surface area contributed by atoms with Gasteiger partial charge in [-0.1, -0.05) is 117 Å². The van der Waals surface area contributed by atoms with E-state index in [1.165, 1.54) is 89.9 Å². The van der Waals surface area contributed by atoms with Crippen LogP contribution in [0, 0.1) is 0 Å². The van der Waals surface area contributed by atoms with Crippen LogP contribution in [0.3, 0.4) is 0 Å². The van der Waals surface area contributed by atoms with Crippen LogP contribution in [0.15, 0.2) is 0 Å². The summed E-state index contributed by atoms with van der Waals surface area (Å²) < 4.78 is 5.81. The van der Waals surface area contributed by atoms with Crippen LogP contribution in [0.25, 0.3) is 0 Å². The molecule has 0 fully saturated rings. The van der Waals surface area contributed by atoms with Crippen LogP contribution in [-0.2, 0) is 14.3 Å². The predicted octanol–water partition coefficient (Wildman–Crippen LogP) is 9.39. The average Bonchev–Trinajstić information content (AvgIpc) is 2.79. The monoisotopic (exact) mass is 468 g/mol. The number of aliphatic carboxylic acids is 1. The Kier molecular flexibility index (Phi) is 24.7. The van der Waals surface area contributed by atoms with Crippen molar-refractivity contribution in [2.75, 3.05) is 0 Å². The molecule has 196 valence electrons. The van der Waals surface area contributed by atoms with E-state index < -0.39 is 5.97 Å². The van der Waals surface area contributed by atoms with Crippen molar-refractivity contribution in [1.29, 1.82) is 0 Å². The van der Waals surface area contributed by atoms with Crippen molar-refractivity contribution in [1.82, 2.24) is 0 Å². The minimum absolute atomic E-state index is 0.0150. The van der Waals surface area contributed by atoms with Crippen molar-refractivity contribution in [3.05, 3.63) is 0 Å². The summed E-state index contributed by atoms with van der Waals surface area (Å²) in [5.74, 6) is -0.764. The fourth-order valence-electron chi connectivity index (χ4n) is 4.42. The minimum atomic E-state index is -0.727. The van der Waals surface area contributed by atoms with Crippen molar-refractivity contribution >= 4 is 11.9 Å². The first-order chi connectivity index (χ1) is 16.1. The van der Waals surface area contributed by atoms with E-state index in [9.17, 15) is 9.59 Å². The second-order valence-corrected chi connectivity index (χ2v) is 9.95. The maximum absolute atomic E-state index is 12.3. The summed E-state index contributed by atoms with van der Waals surface area (Å²) in [7, 11) is 0. The Morgan fingerprint density at radius 3 is 1.36 bits per heavy atom. The van der Waals surface area contributed by atoms with Gasteiger partial charge >= 0.3 is 11.9 Å². The zero-order valence-electron chi connectivity index (χ0n) is 22.2. The van der Waals surface area contributed by atoms with E-state index in [1.54, 1.807) is 0 Å². The SMILES string of the molecule is CCCCCCCCCCCCCCCC(=O)OC(CCCCCC)CCCCCC(=O)O. The molecule has 4 nitrogen and oxygen atoms in total. The van der Waals surface area contributed by atoms with Crippen molar-refractivity contribution in [3.63, 3.8) is 0 Å². The molecule has 0 spiro atoms. The smallest absolute Gasteiger partial charge is 0.306 e. The first-order valence-corrected chi connectivity index (χ1v) is 14.5. The summed E-state index contributed by atoms with van der Waals surface area (Å²) in [4.78, 5) is 23.0. The molecule has 0 radical (unpaired) electrons. The largest absolute Gasteiger partial charge is 0.481 e. The van der Waals surface area contributed by atoms with Crippen molar-refractivity contribution in [2.45, 2.75) is 174 Å². The fraction of sp³-hybridized carbons (Fsp3) is 0.931. The first-order valence-electron chi connectivity index (χ1n) is 14.5. The van der Waals surface area contributed by atoms with Gasteiger partial charge in [-0.2, -0.15) is 0 Å². The molecule has 0 aliphatic rings. The zero-order chi connectivity index (χ0) is 24.4. The highest BCUT2D eigenvalue weighted by molar-refractivity contribution is 5.69. The lowest BCUT2D eigenvalue weighted by Gasteiger charge is -2.18. The molecule has 0 bridgehead atoms. The molecule has 0 aliphatic carbocycles. The molecule has 0 amide bonds. The van der Waals surface area contributed by atoms with E-state index in [0.29, 0.717) is 12.8 Å². The summed E-state index contributed by atoms with van der Waals surface area (Å²) >= 11 is 0. The highest BCUT2D eigenvalue weighted by atomic mass is 16.5. The number of esters is 1. The van der Waals surface area contributed by atoms with E-state index >= 15 is 0 Å². The number of hydrogen-bond donors (Lipinski definition) is 1. The van der Waals surface area contributed by atoms with Crippen LogP contribution >= 0.6 is 0 Å². The van der Waals surface area contributed by atoms with E-state index in [1.807, 2.05) is 0 Å². The third-order valence-electron chi connectivity index (χ3n) is 6.58. The van der Waals surface area contributed by atoms with Crippen LogP contribution in [0.4, 0.5) is 0 Å². The molecule has 0 aromatic heterocycles. The number of hydrogen-bond acceptors (Lipinski definition) is 3. The Morgan fingerprint density at radius 1 is 0.545 bits per heavy atom. The maximum atomic E-state index is 12.3. The van der Waals surface area contributed by atoms with E-state index in [2.05, 4.69) is 13.8 Å². The third kappa shape index (κ3) is 25.4. The van der Waals surface area contributed by atoms with Crippen molar-refractivity contribution < 1.29 is 19.4 Å². The molecule has 33 heavy (non-hydrogen) atoms. The zero-order valence-corrected chi connectivity index (χ0v) is 22.2. The maximum Gasteiger partial charge on any atom is 0.306 e. The van der Waals surface area contributed by atoms with Gasteiger partial charge in [0, 0.05) is 12.8 Å². The normalized spacial score (nSPS) is 12.1. The quantitative estimate of drug-likeness (QED) is 0.101. The lowest BCUT2D eigenvalue weighted by atomic mass is 10.0.